The van der Waals surface area contributed by atoms with Crippen molar-refractivity contribution >= 4 is 5.97 Å². The molecule has 4 nitrogen and oxygen atoms in total. The predicted octanol–water partition coefficient (Wildman–Crippen LogP) is 1.24. The van der Waals surface area contributed by atoms with Gasteiger partial charge in [0.25, 0.3) is 0 Å². The van der Waals surface area contributed by atoms with Gasteiger partial charge in [-0.1, -0.05) is 13.3 Å². The summed E-state index contributed by atoms with van der Waals surface area (Å²) < 4.78 is 0. The zero-order chi connectivity index (χ0) is 11.5. The van der Waals surface area contributed by atoms with Crippen LogP contribution in [0, 0.1) is 5.92 Å². The number of hydrogen-bond donors (Lipinski definition) is 3. The first kappa shape index (κ1) is 14.4. The first-order valence-electron chi connectivity index (χ1n) is 5.74. The van der Waals surface area contributed by atoms with Crippen LogP contribution in [0.25, 0.3) is 0 Å². The number of carbonyl (C=O) groups is 1. The van der Waals surface area contributed by atoms with E-state index in [1.54, 1.807) is 0 Å². The van der Waals surface area contributed by atoms with Gasteiger partial charge in [-0.05, 0) is 38.3 Å². The molecule has 0 amide bonds. The summed E-state index contributed by atoms with van der Waals surface area (Å²) in [5, 5.41) is 20.5. The van der Waals surface area contributed by atoms with Crippen LogP contribution in [0.5, 0.6) is 0 Å². The molecule has 0 heterocycles. The highest BCUT2D eigenvalue weighted by atomic mass is 16.4. The molecule has 3 N–H and O–H groups in total. The van der Waals surface area contributed by atoms with Gasteiger partial charge in [-0.15, -0.1) is 0 Å². The van der Waals surface area contributed by atoms with E-state index in [0.29, 0.717) is 12.3 Å². The molecule has 15 heavy (non-hydrogen) atoms. The van der Waals surface area contributed by atoms with Crippen LogP contribution in [0.2, 0.25) is 0 Å². The number of carboxylic acid groups (broad SMARTS) is 1. The van der Waals surface area contributed by atoms with E-state index in [0.717, 1.165) is 32.4 Å². The van der Waals surface area contributed by atoms with Gasteiger partial charge in [0.1, 0.15) is 0 Å². The van der Waals surface area contributed by atoms with Crippen LogP contribution in [0.1, 0.15) is 39.0 Å². The van der Waals surface area contributed by atoms with Gasteiger partial charge in [-0.3, -0.25) is 4.79 Å². The molecule has 0 saturated heterocycles. The van der Waals surface area contributed by atoms with Gasteiger partial charge >= 0.3 is 5.97 Å². The number of aliphatic hydroxyl groups is 1. The van der Waals surface area contributed by atoms with Crippen LogP contribution in [-0.2, 0) is 4.79 Å². The second-order valence-electron chi connectivity index (χ2n) is 3.87. The van der Waals surface area contributed by atoms with E-state index in [2.05, 4.69) is 12.2 Å². The third-order valence-corrected chi connectivity index (χ3v) is 2.41. The Bertz CT molecular complexity index is 156. The molecule has 0 aromatic carbocycles. The zero-order valence-electron chi connectivity index (χ0n) is 9.54. The molecular formula is C11H23NO3. The Labute approximate surface area is 91.7 Å². The second-order valence-corrected chi connectivity index (χ2v) is 3.87. The van der Waals surface area contributed by atoms with E-state index in [-0.39, 0.29) is 13.0 Å². The summed E-state index contributed by atoms with van der Waals surface area (Å²) in [7, 11) is 0. The normalized spacial score (nSPS) is 12.7. The molecule has 0 rings (SSSR count). The number of aliphatic carboxylic acids is 1. The van der Waals surface area contributed by atoms with Crippen LogP contribution < -0.4 is 5.32 Å². The van der Waals surface area contributed by atoms with Crippen molar-refractivity contribution in [3.8, 4) is 0 Å². The molecule has 90 valence electrons. The summed E-state index contributed by atoms with van der Waals surface area (Å²) in [6.45, 7) is 4.00. The van der Waals surface area contributed by atoms with Crippen LogP contribution in [0.15, 0.2) is 0 Å². The summed E-state index contributed by atoms with van der Waals surface area (Å²) in [6.07, 6.45) is 3.98. The van der Waals surface area contributed by atoms with Crippen molar-refractivity contribution in [2.24, 2.45) is 5.92 Å². The number of rotatable bonds is 10. The lowest BCUT2D eigenvalue weighted by Crippen LogP contribution is -2.25. The Morgan fingerprint density at radius 2 is 2.13 bits per heavy atom. The van der Waals surface area contributed by atoms with Crippen LogP contribution in [0.3, 0.4) is 0 Å². The number of carboxylic acids is 1. The monoisotopic (exact) mass is 217 g/mol. The number of hydrogen-bond acceptors (Lipinski definition) is 3. The smallest absolute Gasteiger partial charge is 0.303 e. The summed E-state index contributed by atoms with van der Waals surface area (Å²) >= 11 is 0. The Morgan fingerprint density at radius 1 is 1.40 bits per heavy atom. The third-order valence-electron chi connectivity index (χ3n) is 2.41. The van der Waals surface area contributed by atoms with Crippen molar-refractivity contribution in [3.63, 3.8) is 0 Å². The molecular weight excluding hydrogens is 194 g/mol. The fraction of sp³-hybridized carbons (Fsp3) is 0.909. The van der Waals surface area contributed by atoms with E-state index in [1.807, 2.05) is 0 Å². The molecule has 0 aliphatic carbocycles. The largest absolute Gasteiger partial charge is 0.481 e. The van der Waals surface area contributed by atoms with Gasteiger partial charge in [-0.25, -0.2) is 0 Å². The van der Waals surface area contributed by atoms with E-state index < -0.39 is 5.97 Å². The standard InChI is InChI=1S/C11H23NO3/c1-2-4-10(6-8-13)9-12-7-3-5-11(14)15/h10,12-13H,2-9H2,1H3,(H,14,15). The highest BCUT2D eigenvalue weighted by Gasteiger charge is 2.06. The Morgan fingerprint density at radius 3 is 2.67 bits per heavy atom. The van der Waals surface area contributed by atoms with Gasteiger partial charge in [0, 0.05) is 13.0 Å². The molecule has 0 saturated carbocycles. The Hall–Kier alpha value is -0.610. The molecule has 0 fully saturated rings. The van der Waals surface area contributed by atoms with E-state index in [1.165, 1.54) is 0 Å². The lowest BCUT2D eigenvalue weighted by atomic mass is 10.0. The molecule has 0 aliphatic heterocycles. The molecule has 1 unspecified atom stereocenters. The predicted molar refractivity (Wildman–Crippen MR) is 59.8 cm³/mol. The fourth-order valence-electron chi connectivity index (χ4n) is 1.61. The van der Waals surface area contributed by atoms with Crippen molar-refractivity contribution in [3.05, 3.63) is 0 Å². The molecule has 0 aromatic heterocycles. The molecule has 1 atom stereocenters. The van der Waals surface area contributed by atoms with Gasteiger partial charge in [0.15, 0.2) is 0 Å². The van der Waals surface area contributed by atoms with Crippen molar-refractivity contribution < 1.29 is 15.0 Å². The van der Waals surface area contributed by atoms with Gasteiger partial charge in [0.2, 0.25) is 0 Å². The maximum absolute atomic E-state index is 10.2. The van der Waals surface area contributed by atoms with Gasteiger partial charge in [-0.2, -0.15) is 0 Å². The first-order chi connectivity index (χ1) is 7.20. The van der Waals surface area contributed by atoms with Crippen molar-refractivity contribution in [1.82, 2.24) is 5.32 Å². The minimum Gasteiger partial charge on any atom is -0.481 e. The maximum Gasteiger partial charge on any atom is 0.303 e. The summed E-state index contributed by atoms with van der Waals surface area (Å²) in [5.41, 5.74) is 0. The van der Waals surface area contributed by atoms with E-state index in [4.69, 9.17) is 10.2 Å². The van der Waals surface area contributed by atoms with Crippen LogP contribution >= 0.6 is 0 Å². The molecule has 0 aromatic rings. The molecule has 0 spiro atoms. The van der Waals surface area contributed by atoms with Crippen LogP contribution in [-0.4, -0.2) is 35.9 Å². The van der Waals surface area contributed by atoms with Crippen LogP contribution in [0.4, 0.5) is 0 Å². The summed E-state index contributed by atoms with van der Waals surface area (Å²) in [4.78, 5) is 10.2. The van der Waals surface area contributed by atoms with Gasteiger partial charge in [0.05, 0.1) is 0 Å². The van der Waals surface area contributed by atoms with E-state index >= 15 is 0 Å². The third kappa shape index (κ3) is 9.69. The van der Waals surface area contributed by atoms with E-state index in [9.17, 15) is 4.79 Å². The fourth-order valence-corrected chi connectivity index (χ4v) is 1.61. The SMILES string of the molecule is CCCC(CCO)CNCCCC(=O)O. The summed E-state index contributed by atoms with van der Waals surface area (Å²) in [5.74, 6) is -0.220. The maximum atomic E-state index is 10.2. The second kappa shape index (κ2) is 9.93. The molecule has 0 aliphatic rings. The van der Waals surface area contributed by atoms with Crippen molar-refractivity contribution in [1.29, 1.82) is 0 Å². The van der Waals surface area contributed by atoms with Gasteiger partial charge < -0.3 is 15.5 Å². The highest BCUT2D eigenvalue weighted by molar-refractivity contribution is 5.66. The molecule has 0 radical (unpaired) electrons. The summed E-state index contributed by atoms with van der Waals surface area (Å²) in [6, 6.07) is 0. The van der Waals surface area contributed by atoms with Crippen molar-refractivity contribution in [2.45, 2.75) is 39.0 Å². The zero-order valence-corrected chi connectivity index (χ0v) is 9.54. The van der Waals surface area contributed by atoms with Crippen molar-refractivity contribution in [2.75, 3.05) is 19.7 Å². The molecule has 4 heteroatoms. The first-order valence-corrected chi connectivity index (χ1v) is 5.74. The topological polar surface area (TPSA) is 69.6 Å². The average Bonchev–Trinajstić information content (AvgIpc) is 2.17. The lowest BCUT2D eigenvalue weighted by molar-refractivity contribution is -0.137. The minimum atomic E-state index is -0.739. The highest BCUT2D eigenvalue weighted by Crippen LogP contribution is 2.09. The lowest BCUT2D eigenvalue weighted by Gasteiger charge is -2.15. The number of nitrogens with one attached hydrogen (secondary N) is 1. The quantitative estimate of drug-likeness (QED) is 0.481. The minimum absolute atomic E-state index is 0.228. The Kier molecular flexibility index (Phi) is 9.52. The average molecular weight is 217 g/mol. The Balaban J connectivity index is 3.39. The number of aliphatic hydroxyl groups excluding tert-OH is 1. The molecule has 0 bridgehead atoms.